The maximum atomic E-state index is 5.79. The molecule has 8 heteroatoms. The van der Waals surface area contributed by atoms with E-state index in [-0.39, 0.29) is 5.95 Å². The van der Waals surface area contributed by atoms with Crippen molar-refractivity contribution in [1.82, 2.24) is 24.7 Å². The van der Waals surface area contributed by atoms with Crippen LogP contribution in [0, 0.1) is 0 Å². The molecule has 0 aliphatic rings. The third-order valence-corrected chi connectivity index (χ3v) is 3.17. The molecule has 0 saturated carbocycles. The van der Waals surface area contributed by atoms with Crippen LogP contribution in [0.1, 0.15) is 26.5 Å². The number of nitrogens with two attached hydrogens (primary N) is 1. The minimum Gasteiger partial charge on any atom is -0.368 e. The minimum atomic E-state index is 0.205. The van der Waals surface area contributed by atoms with Crippen molar-refractivity contribution in [2.45, 2.75) is 27.2 Å². The Bertz CT molecular complexity index is 602. The van der Waals surface area contributed by atoms with Gasteiger partial charge in [0, 0.05) is 26.3 Å². The molecule has 2 heterocycles. The van der Waals surface area contributed by atoms with E-state index >= 15 is 0 Å². The van der Waals surface area contributed by atoms with Gasteiger partial charge in [0.25, 0.3) is 0 Å². The van der Waals surface area contributed by atoms with Crippen molar-refractivity contribution < 1.29 is 0 Å². The predicted molar refractivity (Wildman–Crippen MR) is 83.7 cm³/mol. The van der Waals surface area contributed by atoms with Crippen LogP contribution in [0.2, 0.25) is 0 Å². The molecule has 8 nitrogen and oxygen atoms in total. The molecule has 0 bridgehead atoms. The smallest absolute Gasteiger partial charge is 0.233 e. The van der Waals surface area contributed by atoms with Gasteiger partial charge in [-0.05, 0) is 20.3 Å². The summed E-state index contributed by atoms with van der Waals surface area (Å²) < 4.78 is 1.76. The second-order valence-electron chi connectivity index (χ2n) is 4.63. The molecule has 3 N–H and O–H groups in total. The van der Waals surface area contributed by atoms with Crippen LogP contribution in [0.3, 0.4) is 0 Å². The van der Waals surface area contributed by atoms with Gasteiger partial charge in [0.05, 0.1) is 11.4 Å². The zero-order valence-electron chi connectivity index (χ0n) is 13.0. The molecule has 0 aliphatic carbocycles. The number of aryl methyl sites for hydroxylation is 2. The molecule has 114 valence electrons. The summed E-state index contributed by atoms with van der Waals surface area (Å²) in [7, 11) is 1.88. The zero-order chi connectivity index (χ0) is 15.4. The fraction of sp³-hybridized carbons (Fsp3) is 0.538. The van der Waals surface area contributed by atoms with E-state index in [9.17, 15) is 0 Å². The molecular formula is C13H22N8. The molecule has 0 aliphatic heterocycles. The van der Waals surface area contributed by atoms with E-state index in [0.717, 1.165) is 30.9 Å². The second-order valence-corrected chi connectivity index (χ2v) is 4.63. The van der Waals surface area contributed by atoms with E-state index in [0.29, 0.717) is 11.9 Å². The first kappa shape index (κ1) is 15.0. The van der Waals surface area contributed by atoms with Crippen molar-refractivity contribution in [3.8, 4) is 0 Å². The quantitative estimate of drug-likeness (QED) is 0.828. The molecule has 0 amide bonds. The van der Waals surface area contributed by atoms with Crippen molar-refractivity contribution in [2.75, 3.05) is 29.0 Å². The fourth-order valence-electron chi connectivity index (χ4n) is 2.10. The number of nitrogens with zero attached hydrogens (tertiary/aromatic N) is 6. The van der Waals surface area contributed by atoms with E-state index < -0.39 is 0 Å². The summed E-state index contributed by atoms with van der Waals surface area (Å²) in [5.74, 6) is 1.22. The molecule has 0 fully saturated rings. The van der Waals surface area contributed by atoms with E-state index in [2.05, 4.69) is 32.3 Å². The van der Waals surface area contributed by atoms with Gasteiger partial charge in [0.1, 0.15) is 0 Å². The summed E-state index contributed by atoms with van der Waals surface area (Å²) in [6.45, 7) is 7.77. The Hall–Kier alpha value is -2.38. The van der Waals surface area contributed by atoms with Gasteiger partial charge in [-0.15, -0.1) is 0 Å². The first-order valence-corrected chi connectivity index (χ1v) is 7.13. The number of aromatic nitrogens is 5. The molecule has 0 aromatic carbocycles. The third kappa shape index (κ3) is 3.39. The van der Waals surface area contributed by atoms with Crippen LogP contribution in [-0.4, -0.2) is 37.8 Å². The summed E-state index contributed by atoms with van der Waals surface area (Å²) >= 11 is 0. The second kappa shape index (κ2) is 6.38. The Balaban J connectivity index is 2.31. The molecule has 2 rings (SSSR count). The van der Waals surface area contributed by atoms with Crippen LogP contribution in [-0.2, 0) is 13.5 Å². The molecule has 0 spiro atoms. The van der Waals surface area contributed by atoms with Crippen LogP contribution in [0.5, 0.6) is 0 Å². The topological polar surface area (TPSA) is 97.8 Å². The molecule has 0 saturated heterocycles. The Morgan fingerprint density at radius 1 is 1.19 bits per heavy atom. The van der Waals surface area contributed by atoms with Crippen molar-refractivity contribution in [1.29, 1.82) is 0 Å². The summed E-state index contributed by atoms with van der Waals surface area (Å²) in [5, 5.41) is 7.56. The van der Waals surface area contributed by atoms with Crippen molar-refractivity contribution in [3.63, 3.8) is 0 Å². The highest BCUT2D eigenvalue weighted by molar-refractivity contribution is 5.57. The first-order chi connectivity index (χ1) is 10.1. The lowest BCUT2D eigenvalue weighted by atomic mass is 10.3. The van der Waals surface area contributed by atoms with Gasteiger partial charge in [0.2, 0.25) is 17.8 Å². The predicted octanol–water partition coefficient (Wildman–Crippen LogP) is 1.34. The van der Waals surface area contributed by atoms with Gasteiger partial charge in [-0.3, -0.25) is 4.68 Å². The maximum Gasteiger partial charge on any atom is 0.233 e. The summed E-state index contributed by atoms with van der Waals surface area (Å²) in [6, 6.07) is 0. The van der Waals surface area contributed by atoms with Crippen LogP contribution < -0.4 is 16.0 Å². The number of hydrogen-bond acceptors (Lipinski definition) is 7. The molecule has 21 heavy (non-hydrogen) atoms. The Morgan fingerprint density at radius 3 is 2.52 bits per heavy atom. The van der Waals surface area contributed by atoms with E-state index in [1.165, 1.54) is 0 Å². The summed E-state index contributed by atoms with van der Waals surface area (Å²) in [5.41, 5.74) is 7.63. The van der Waals surface area contributed by atoms with Crippen molar-refractivity contribution in [3.05, 3.63) is 11.9 Å². The van der Waals surface area contributed by atoms with E-state index in [1.54, 1.807) is 4.68 Å². The van der Waals surface area contributed by atoms with Crippen molar-refractivity contribution in [2.24, 2.45) is 7.05 Å². The van der Waals surface area contributed by atoms with Crippen LogP contribution >= 0.6 is 0 Å². The molecule has 2 aromatic rings. The summed E-state index contributed by atoms with van der Waals surface area (Å²) in [6.07, 6.45) is 2.72. The number of hydrogen-bond donors (Lipinski definition) is 2. The van der Waals surface area contributed by atoms with Gasteiger partial charge in [-0.2, -0.15) is 20.1 Å². The van der Waals surface area contributed by atoms with Crippen LogP contribution in [0.25, 0.3) is 0 Å². The average molecular weight is 290 g/mol. The van der Waals surface area contributed by atoms with Gasteiger partial charge < -0.3 is 16.0 Å². The van der Waals surface area contributed by atoms with Gasteiger partial charge in [0.15, 0.2) is 0 Å². The number of nitrogens with one attached hydrogen (secondary N) is 1. The largest absolute Gasteiger partial charge is 0.368 e. The Kier molecular flexibility index (Phi) is 4.56. The van der Waals surface area contributed by atoms with Gasteiger partial charge in [-0.25, -0.2) is 0 Å². The fourth-order valence-corrected chi connectivity index (χ4v) is 2.10. The lowest BCUT2D eigenvalue weighted by Gasteiger charge is -2.18. The third-order valence-electron chi connectivity index (χ3n) is 3.17. The monoisotopic (exact) mass is 290 g/mol. The number of anilines is 4. The molecule has 2 aromatic heterocycles. The van der Waals surface area contributed by atoms with Crippen LogP contribution in [0.15, 0.2) is 6.20 Å². The SMILES string of the molecule is CCc1nn(C)cc1Nc1nc(N)nc(N(CC)CC)n1. The maximum absolute atomic E-state index is 5.79. The molecular weight excluding hydrogens is 268 g/mol. The minimum absolute atomic E-state index is 0.205. The van der Waals surface area contributed by atoms with E-state index in [1.807, 2.05) is 32.0 Å². The Morgan fingerprint density at radius 2 is 1.90 bits per heavy atom. The first-order valence-electron chi connectivity index (χ1n) is 7.13. The molecule has 0 unspecified atom stereocenters. The van der Waals surface area contributed by atoms with Crippen LogP contribution in [0.4, 0.5) is 23.5 Å². The Labute approximate surface area is 124 Å². The molecule has 0 atom stereocenters. The number of rotatable bonds is 6. The van der Waals surface area contributed by atoms with Crippen molar-refractivity contribution >= 4 is 23.5 Å². The standard InChI is InChI=1S/C13H22N8/c1-5-9-10(8-20(4)19-9)15-12-16-11(14)17-13(18-12)21(6-2)7-3/h8H,5-7H2,1-4H3,(H3,14,15,16,17,18). The normalized spacial score (nSPS) is 10.7. The zero-order valence-corrected chi connectivity index (χ0v) is 13.0. The lowest BCUT2D eigenvalue weighted by Crippen LogP contribution is -2.25. The highest BCUT2D eigenvalue weighted by Gasteiger charge is 2.12. The lowest BCUT2D eigenvalue weighted by molar-refractivity contribution is 0.746. The summed E-state index contributed by atoms with van der Waals surface area (Å²) in [4.78, 5) is 14.8. The van der Waals surface area contributed by atoms with E-state index in [4.69, 9.17) is 5.73 Å². The highest BCUT2D eigenvalue weighted by atomic mass is 15.3. The highest BCUT2D eigenvalue weighted by Crippen LogP contribution is 2.19. The molecule has 0 radical (unpaired) electrons. The average Bonchev–Trinajstić information content (AvgIpc) is 2.79. The van der Waals surface area contributed by atoms with Gasteiger partial charge >= 0.3 is 0 Å². The number of nitrogen functional groups attached to an aromatic ring is 1. The van der Waals surface area contributed by atoms with Gasteiger partial charge in [-0.1, -0.05) is 6.92 Å².